The van der Waals surface area contributed by atoms with Gasteiger partial charge in [0.15, 0.2) is 0 Å². The minimum absolute atomic E-state index is 0.0268. The monoisotopic (exact) mass is 431 g/mol. The number of carbonyl (C=O) groups excluding carboxylic acids is 1. The number of benzene rings is 2. The van der Waals surface area contributed by atoms with E-state index in [1.807, 2.05) is 19.1 Å². The van der Waals surface area contributed by atoms with Crippen LogP contribution in [0.15, 0.2) is 53.5 Å². The van der Waals surface area contributed by atoms with E-state index in [1.54, 1.807) is 23.2 Å². The summed E-state index contributed by atoms with van der Waals surface area (Å²) in [4.78, 5) is 29.6. The molecule has 0 spiro atoms. The molecule has 2 amide bonds. The van der Waals surface area contributed by atoms with Crippen LogP contribution in [0.1, 0.15) is 31.4 Å². The lowest BCUT2D eigenvalue weighted by molar-refractivity contribution is 0.188. The highest BCUT2D eigenvalue weighted by molar-refractivity contribution is 6.31. The maximum absolute atomic E-state index is 13.4. The summed E-state index contributed by atoms with van der Waals surface area (Å²) in [7, 11) is 0. The van der Waals surface area contributed by atoms with E-state index in [9.17, 15) is 14.0 Å². The van der Waals surface area contributed by atoms with Gasteiger partial charge >= 0.3 is 6.03 Å². The summed E-state index contributed by atoms with van der Waals surface area (Å²) < 4.78 is 13.4. The molecular weight excluding hydrogens is 409 g/mol. The first-order valence-corrected chi connectivity index (χ1v) is 10.0. The molecule has 0 aliphatic rings. The largest absolute Gasteiger partial charge is 0.396 e. The van der Waals surface area contributed by atoms with Crippen LogP contribution in [-0.2, 0) is 0 Å². The van der Waals surface area contributed by atoms with Gasteiger partial charge in [0.25, 0.3) is 5.56 Å². The molecule has 0 unspecified atom stereocenters. The van der Waals surface area contributed by atoms with E-state index < -0.39 is 11.8 Å². The van der Waals surface area contributed by atoms with Crippen molar-refractivity contribution in [1.29, 1.82) is 0 Å². The average molecular weight is 432 g/mol. The third-order valence-electron chi connectivity index (χ3n) is 5.00. The molecule has 0 saturated heterocycles. The number of nitrogens with zero attached hydrogens (tertiary/aromatic N) is 1. The van der Waals surface area contributed by atoms with Crippen molar-refractivity contribution in [3.05, 3.63) is 75.4 Å². The maximum atomic E-state index is 13.4. The second-order valence-electron chi connectivity index (χ2n) is 6.98. The topological polar surface area (TPSA) is 85.4 Å². The van der Waals surface area contributed by atoms with Crippen LogP contribution in [0.3, 0.4) is 0 Å². The molecule has 3 N–H and O–H groups in total. The fraction of sp³-hybridized carbons (Fsp3) is 0.273. The summed E-state index contributed by atoms with van der Waals surface area (Å²) in [5.41, 5.74) is 0.970. The zero-order valence-corrected chi connectivity index (χ0v) is 17.2. The Labute approximate surface area is 178 Å². The number of aliphatic hydroxyl groups is 1. The normalized spacial score (nSPS) is 12.0. The van der Waals surface area contributed by atoms with E-state index in [0.717, 1.165) is 10.9 Å². The standard InChI is InChI=1S/C22H23ClFN3O3/c1-14(18-13-25-21(29)17-7-3-2-6-16(17)18)27(10-4-5-11-28)22(30)26-15-8-9-20(24)19(23)12-15/h2-3,6-9,12-14,28H,4-5,10-11H2,1H3,(H,25,29)(H,26,30)/t14-/m1/s1. The van der Waals surface area contributed by atoms with E-state index in [1.165, 1.54) is 18.2 Å². The number of pyridine rings is 1. The van der Waals surface area contributed by atoms with Crippen molar-refractivity contribution in [1.82, 2.24) is 9.88 Å². The first kappa shape index (κ1) is 21.8. The van der Waals surface area contributed by atoms with E-state index in [2.05, 4.69) is 10.3 Å². The molecule has 3 aromatic rings. The summed E-state index contributed by atoms with van der Waals surface area (Å²) in [5, 5.41) is 13.1. The molecule has 8 heteroatoms. The number of halogens is 2. The molecule has 2 aromatic carbocycles. The van der Waals surface area contributed by atoms with Crippen molar-refractivity contribution >= 4 is 34.1 Å². The van der Waals surface area contributed by atoms with E-state index in [-0.39, 0.29) is 23.2 Å². The molecule has 1 heterocycles. The van der Waals surface area contributed by atoms with E-state index >= 15 is 0 Å². The van der Waals surface area contributed by atoms with Crippen LogP contribution >= 0.6 is 11.6 Å². The van der Waals surface area contributed by atoms with Gasteiger partial charge in [0.1, 0.15) is 5.82 Å². The summed E-state index contributed by atoms with van der Waals surface area (Å²) in [6.45, 7) is 2.28. The van der Waals surface area contributed by atoms with Gasteiger partial charge in [0.05, 0.1) is 11.1 Å². The number of H-pyrrole nitrogens is 1. The van der Waals surface area contributed by atoms with Gasteiger partial charge in [0.2, 0.25) is 0 Å². The highest BCUT2D eigenvalue weighted by Crippen LogP contribution is 2.27. The number of aliphatic hydroxyl groups excluding tert-OH is 1. The number of hydrogen-bond acceptors (Lipinski definition) is 3. The molecule has 158 valence electrons. The maximum Gasteiger partial charge on any atom is 0.322 e. The number of urea groups is 1. The fourth-order valence-corrected chi connectivity index (χ4v) is 3.56. The van der Waals surface area contributed by atoms with Crippen molar-refractivity contribution in [3.63, 3.8) is 0 Å². The first-order valence-electron chi connectivity index (χ1n) is 9.66. The predicted octanol–water partition coefficient (Wildman–Crippen LogP) is 4.69. The van der Waals surface area contributed by atoms with E-state index in [0.29, 0.717) is 30.5 Å². The van der Waals surface area contributed by atoms with Gasteiger partial charge < -0.3 is 20.3 Å². The minimum atomic E-state index is -0.567. The van der Waals surface area contributed by atoms with Crippen LogP contribution in [0, 0.1) is 5.82 Å². The lowest BCUT2D eigenvalue weighted by Gasteiger charge is -2.30. The third-order valence-corrected chi connectivity index (χ3v) is 5.29. The Balaban J connectivity index is 1.92. The van der Waals surface area contributed by atoms with Gasteiger partial charge in [-0.1, -0.05) is 29.8 Å². The Hall–Kier alpha value is -2.90. The van der Waals surface area contributed by atoms with Gasteiger partial charge in [-0.15, -0.1) is 0 Å². The van der Waals surface area contributed by atoms with Crippen LogP contribution < -0.4 is 10.9 Å². The van der Waals surface area contributed by atoms with Crippen molar-refractivity contribution in [3.8, 4) is 0 Å². The molecule has 3 rings (SSSR count). The molecule has 30 heavy (non-hydrogen) atoms. The molecule has 0 saturated carbocycles. The minimum Gasteiger partial charge on any atom is -0.396 e. The molecule has 1 atom stereocenters. The number of unbranched alkanes of at least 4 members (excludes halogenated alkanes) is 1. The van der Waals surface area contributed by atoms with Crippen molar-refractivity contribution in [2.24, 2.45) is 0 Å². The van der Waals surface area contributed by atoms with Gasteiger partial charge in [-0.3, -0.25) is 4.79 Å². The predicted molar refractivity (Wildman–Crippen MR) is 116 cm³/mol. The number of aromatic amines is 1. The zero-order chi connectivity index (χ0) is 21.7. The summed E-state index contributed by atoms with van der Waals surface area (Å²) in [6, 6.07) is 10.4. The number of anilines is 1. The van der Waals surface area contributed by atoms with Crippen LogP contribution in [0.5, 0.6) is 0 Å². The van der Waals surface area contributed by atoms with Crippen molar-refractivity contribution in [2.45, 2.75) is 25.8 Å². The molecule has 0 aliphatic carbocycles. The Morgan fingerprint density at radius 3 is 2.67 bits per heavy atom. The Bertz CT molecular complexity index is 1100. The number of rotatable bonds is 7. The Morgan fingerprint density at radius 2 is 1.97 bits per heavy atom. The Morgan fingerprint density at radius 1 is 1.23 bits per heavy atom. The quantitative estimate of drug-likeness (QED) is 0.474. The number of fused-ring (bicyclic) bond motifs is 1. The second-order valence-corrected chi connectivity index (χ2v) is 7.39. The fourth-order valence-electron chi connectivity index (χ4n) is 3.38. The average Bonchev–Trinajstić information content (AvgIpc) is 2.74. The lowest BCUT2D eigenvalue weighted by atomic mass is 10.0. The SMILES string of the molecule is C[C@H](c1c[nH]c(=O)c2ccccc12)N(CCCCO)C(=O)Nc1ccc(F)c(Cl)c1. The van der Waals surface area contributed by atoms with Crippen LogP contribution in [0.25, 0.3) is 10.8 Å². The smallest absolute Gasteiger partial charge is 0.322 e. The molecular formula is C22H23ClFN3O3. The van der Waals surface area contributed by atoms with Gasteiger partial charge in [-0.05, 0) is 55.0 Å². The first-order chi connectivity index (χ1) is 14.4. The van der Waals surface area contributed by atoms with Gasteiger partial charge in [-0.25, -0.2) is 9.18 Å². The van der Waals surface area contributed by atoms with Crippen LogP contribution in [-0.4, -0.2) is 34.2 Å². The summed E-state index contributed by atoms with van der Waals surface area (Å²) in [6.07, 6.45) is 2.77. The molecule has 0 radical (unpaired) electrons. The number of amides is 2. The van der Waals surface area contributed by atoms with Gasteiger partial charge in [0, 0.05) is 30.4 Å². The number of nitrogens with one attached hydrogen (secondary N) is 2. The van der Waals surface area contributed by atoms with Crippen LogP contribution in [0.4, 0.5) is 14.9 Å². The van der Waals surface area contributed by atoms with Crippen LogP contribution in [0.2, 0.25) is 5.02 Å². The van der Waals surface area contributed by atoms with Gasteiger partial charge in [-0.2, -0.15) is 0 Å². The molecule has 0 bridgehead atoms. The summed E-state index contributed by atoms with van der Waals surface area (Å²) >= 11 is 5.82. The summed E-state index contributed by atoms with van der Waals surface area (Å²) in [5.74, 6) is -0.567. The number of carbonyl (C=O) groups is 1. The third kappa shape index (κ3) is 4.80. The van der Waals surface area contributed by atoms with E-state index in [4.69, 9.17) is 16.7 Å². The lowest BCUT2D eigenvalue weighted by Crippen LogP contribution is -2.38. The molecule has 6 nitrogen and oxygen atoms in total. The zero-order valence-electron chi connectivity index (χ0n) is 16.5. The Kier molecular flexibility index (Phi) is 7.07. The van der Waals surface area contributed by atoms with Crippen molar-refractivity contribution in [2.75, 3.05) is 18.5 Å². The molecule has 1 aromatic heterocycles. The highest BCUT2D eigenvalue weighted by atomic mass is 35.5. The second kappa shape index (κ2) is 9.73. The molecule has 0 aliphatic heterocycles. The number of aromatic nitrogens is 1. The van der Waals surface area contributed by atoms with Crippen molar-refractivity contribution < 1.29 is 14.3 Å². The number of hydrogen-bond donors (Lipinski definition) is 3. The highest BCUT2D eigenvalue weighted by Gasteiger charge is 2.23. The molecule has 0 fully saturated rings.